The molecular weight excluding hydrogens is 206 g/mol. The van der Waals surface area contributed by atoms with Gasteiger partial charge in [-0.1, -0.05) is 33.6 Å². The maximum Gasteiger partial charge on any atom is 0.316 e. The third kappa shape index (κ3) is 3.83. The zero-order chi connectivity index (χ0) is 12.3. The van der Waals surface area contributed by atoms with Crippen LogP contribution in [-0.4, -0.2) is 23.5 Å². The van der Waals surface area contributed by atoms with Crippen LogP contribution in [0.4, 0.5) is 0 Å². The van der Waals surface area contributed by atoms with Gasteiger partial charge in [0.05, 0.1) is 0 Å². The van der Waals surface area contributed by atoms with E-state index in [1.54, 1.807) is 20.8 Å². The van der Waals surface area contributed by atoms with Gasteiger partial charge in [0.25, 0.3) is 0 Å². The molecule has 2 N–H and O–H groups in total. The fourth-order valence-corrected chi connectivity index (χ4v) is 1.78. The van der Waals surface area contributed by atoms with Gasteiger partial charge in [-0.2, -0.15) is 0 Å². The van der Waals surface area contributed by atoms with Crippen LogP contribution in [0.1, 0.15) is 40.0 Å². The summed E-state index contributed by atoms with van der Waals surface area (Å²) in [5.41, 5.74) is -0.546. The van der Waals surface area contributed by atoms with Gasteiger partial charge in [-0.15, -0.1) is 0 Å². The SMILES string of the molecule is CC(C)(C)C(C(=O)O)C(=O)NCCC1CC1. The van der Waals surface area contributed by atoms with E-state index in [1.165, 1.54) is 12.8 Å². The van der Waals surface area contributed by atoms with Gasteiger partial charge in [-0.25, -0.2) is 0 Å². The molecule has 1 amide bonds. The standard InChI is InChI=1S/C12H21NO3/c1-12(2,3)9(11(15)16)10(14)13-7-6-8-4-5-8/h8-9H,4-7H2,1-3H3,(H,13,14)(H,15,16). The van der Waals surface area contributed by atoms with Crippen LogP contribution in [-0.2, 0) is 9.59 Å². The molecule has 0 aromatic rings. The first-order valence-electron chi connectivity index (χ1n) is 5.83. The lowest BCUT2D eigenvalue weighted by Gasteiger charge is -2.25. The van der Waals surface area contributed by atoms with Crippen LogP contribution in [0.15, 0.2) is 0 Å². The van der Waals surface area contributed by atoms with Gasteiger partial charge in [-0.05, 0) is 17.8 Å². The largest absolute Gasteiger partial charge is 0.481 e. The summed E-state index contributed by atoms with van der Waals surface area (Å²) in [7, 11) is 0. The second-order valence-corrected chi connectivity index (χ2v) is 5.66. The Bertz CT molecular complexity index is 276. The molecule has 1 aliphatic carbocycles. The van der Waals surface area contributed by atoms with Crippen molar-refractivity contribution in [1.29, 1.82) is 0 Å². The monoisotopic (exact) mass is 227 g/mol. The molecule has 0 aliphatic heterocycles. The van der Waals surface area contributed by atoms with E-state index in [9.17, 15) is 9.59 Å². The minimum Gasteiger partial charge on any atom is -0.481 e. The number of carbonyl (C=O) groups is 2. The van der Waals surface area contributed by atoms with Crippen LogP contribution in [0.5, 0.6) is 0 Å². The fraction of sp³-hybridized carbons (Fsp3) is 0.833. The normalized spacial score (nSPS) is 17.9. The average Bonchev–Trinajstić information content (AvgIpc) is 2.83. The number of carboxylic acid groups (broad SMARTS) is 1. The third-order valence-electron chi connectivity index (χ3n) is 2.92. The molecule has 0 saturated heterocycles. The molecule has 1 aliphatic rings. The van der Waals surface area contributed by atoms with Crippen molar-refractivity contribution in [1.82, 2.24) is 5.32 Å². The molecule has 4 nitrogen and oxygen atoms in total. The highest BCUT2D eigenvalue weighted by molar-refractivity contribution is 5.97. The zero-order valence-electron chi connectivity index (χ0n) is 10.2. The maximum absolute atomic E-state index is 11.7. The number of aliphatic carboxylic acids is 1. The van der Waals surface area contributed by atoms with Gasteiger partial charge in [0, 0.05) is 6.54 Å². The Morgan fingerprint density at radius 3 is 2.31 bits per heavy atom. The predicted octanol–water partition coefficient (Wildman–Crippen LogP) is 1.65. The summed E-state index contributed by atoms with van der Waals surface area (Å²) in [5.74, 6) is -1.62. The van der Waals surface area contributed by atoms with Crippen LogP contribution in [0, 0.1) is 17.3 Å². The Hall–Kier alpha value is -1.06. The molecular formula is C12H21NO3. The van der Waals surface area contributed by atoms with E-state index in [1.807, 2.05) is 0 Å². The van der Waals surface area contributed by atoms with Crippen molar-refractivity contribution < 1.29 is 14.7 Å². The maximum atomic E-state index is 11.7. The number of nitrogens with one attached hydrogen (secondary N) is 1. The molecule has 0 heterocycles. The summed E-state index contributed by atoms with van der Waals surface area (Å²) in [6, 6.07) is 0. The molecule has 1 saturated carbocycles. The van der Waals surface area contributed by atoms with Gasteiger partial charge >= 0.3 is 5.97 Å². The van der Waals surface area contributed by atoms with Gasteiger partial charge in [0.1, 0.15) is 5.92 Å². The van der Waals surface area contributed by atoms with Crippen molar-refractivity contribution in [2.75, 3.05) is 6.54 Å². The zero-order valence-corrected chi connectivity index (χ0v) is 10.2. The Morgan fingerprint density at radius 2 is 1.94 bits per heavy atom. The number of rotatable bonds is 5. The quantitative estimate of drug-likeness (QED) is 0.702. The van der Waals surface area contributed by atoms with Crippen molar-refractivity contribution in [2.45, 2.75) is 40.0 Å². The lowest BCUT2D eigenvalue weighted by molar-refractivity contribution is -0.151. The van der Waals surface area contributed by atoms with Crippen molar-refractivity contribution in [3.05, 3.63) is 0 Å². The van der Waals surface area contributed by atoms with Crippen LogP contribution < -0.4 is 5.32 Å². The first kappa shape index (κ1) is 13.0. The average molecular weight is 227 g/mol. The van der Waals surface area contributed by atoms with E-state index in [-0.39, 0.29) is 5.91 Å². The van der Waals surface area contributed by atoms with E-state index < -0.39 is 17.3 Å². The van der Waals surface area contributed by atoms with E-state index >= 15 is 0 Å². The summed E-state index contributed by atoms with van der Waals surface area (Å²) >= 11 is 0. The second kappa shape index (κ2) is 4.85. The van der Waals surface area contributed by atoms with Crippen molar-refractivity contribution in [3.63, 3.8) is 0 Å². The van der Waals surface area contributed by atoms with E-state index in [0.717, 1.165) is 12.3 Å². The van der Waals surface area contributed by atoms with Crippen LogP contribution in [0.25, 0.3) is 0 Å². The first-order chi connectivity index (χ1) is 7.32. The van der Waals surface area contributed by atoms with Crippen LogP contribution in [0.2, 0.25) is 0 Å². The molecule has 16 heavy (non-hydrogen) atoms. The highest BCUT2D eigenvalue weighted by Gasteiger charge is 2.37. The second-order valence-electron chi connectivity index (χ2n) is 5.66. The Balaban J connectivity index is 2.43. The number of amides is 1. The molecule has 1 rings (SSSR count). The van der Waals surface area contributed by atoms with Crippen molar-refractivity contribution >= 4 is 11.9 Å². The minimum atomic E-state index is -1.04. The van der Waals surface area contributed by atoms with Gasteiger partial charge in [0.2, 0.25) is 5.91 Å². The smallest absolute Gasteiger partial charge is 0.316 e. The van der Waals surface area contributed by atoms with E-state index in [4.69, 9.17) is 5.11 Å². The van der Waals surface area contributed by atoms with Gasteiger partial charge < -0.3 is 10.4 Å². The molecule has 0 aromatic heterocycles. The highest BCUT2D eigenvalue weighted by atomic mass is 16.4. The molecule has 4 heteroatoms. The fourth-order valence-electron chi connectivity index (χ4n) is 1.78. The lowest BCUT2D eigenvalue weighted by atomic mass is 9.80. The highest BCUT2D eigenvalue weighted by Crippen LogP contribution is 2.32. The van der Waals surface area contributed by atoms with Gasteiger partial charge in [-0.3, -0.25) is 9.59 Å². The topological polar surface area (TPSA) is 66.4 Å². The lowest BCUT2D eigenvalue weighted by Crippen LogP contribution is -2.43. The minimum absolute atomic E-state index is 0.361. The first-order valence-corrected chi connectivity index (χ1v) is 5.83. The molecule has 1 unspecified atom stereocenters. The summed E-state index contributed by atoms with van der Waals surface area (Å²) in [5, 5.41) is 11.8. The van der Waals surface area contributed by atoms with Crippen LogP contribution in [0.3, 0.4) is 0 Å². The number of hydrogen-bond donors (Lipinski definition) is 2. The summed E-state index contributed by atoms with van der Waals surface area (Å²) < 4.78 is 0. The molecule has 0 bridgehead atoms. The summed E-state index contributed by atoms with van der Waals surface area (Å²) in [6.07, 6.45) is 3.47. The number of hydrogen-bond acceptors (Lipinski definition) is 2. The Kier molecular flexibility index (Phi) is 3.94. The summed E-state index contributed by atoms with van der Waals surface area (Å²) in [6.45, 7) is 5.91. The van der Waals surface area contributed by atoms with E-state index in [0.29, 0.717) is 6.54 Å². The molecule has 0 spiro atoms. The van der Waals surface area contributed by atoms with Gasteiger partial charge in [0.15, 0.2) is 0 Å². The third-order valence-corrected chi connectivity index (χ3v) is 2.92. The van der Waals surface area contributed by atoms with E-state index in [2.05, 4.69) is 5.32 Å². The molecule has 0 aromatic carbocycles. The Morgan fingerprint density at radius 1 is 1.38 bits per heavy atom. The molecule has 92 valence electrons. The predicted molar refractivity (Wildman–Crippen MR) is 60.9 cm³/mol. The van der Waals surface area contributed by atoms with Crippen LogP contribution >= 0.6 is 0 Å². The summed E-state index contributed by atoms with van der Waals surface area (Å²) in [4.78, 5) is 22.8. The Labute approximate surface area is 96.4 Å². The molecule has 0 radical (unpaired) electrons. The molecule has 1 fully saturated rings. The molecule has 1 atom stereocenters. The number of carbonyl (C=O) groups excluding carboxylic acids is 1. The van der Waals surface area contributed by atoms with Crippen molar-refractivity contribution in [2.24, 2.45) is 17.3 Å². The number of carboxylic acids is 1. The van der Waals surface area contributed by atoms with Crippen molar-refractivity contribution in [3.8, 4) is 0 Å².